The molecule has 1 fully saturated rings. The van der Waals surface area contributed by atoms with Gasteiger partial charge in [0.25, 0.3) is 0 Å². The van der Waals surface area contributed by atoms with Crippen LogP contribution in [0.3, 0.4) is 0 Å². The fraction of sp³-hybridized carbons (Fsp3) is 0.500. The highest BCUT2D eigenvalue weighted by Crippen LogP contribution is 2.30. The summed E-state index contributed by atoms with van der Waals surface area (Å²) in [6.07, 6.45) is 2.23. The van der Waals surface area contributed by atoms with Crippen molar-refractivity contribution in [1.82, 2.24) is 4.90 Å². The van der Waals surface area contributed by atoms with Crippen LogP contribution in [0.4, 0.5) is 0 Å². The first-order chi connectivity index (χ1) is 8.72. The summed E-state index contributed by atoms with van der Waals surface area (Å²) in [5, 5.41) is 8.91. The van der Waals surface area contributed by atoms with E-state index < -0.39 is 0 Å². The SMILES string of the molecule is COc1ccc(C#N)cc1OC1CCN(C)CC1. The molecule has 4 nitrogen and oxygen atoms in total. The number of rotatable bonds is 3. The molecule has 0 saturated carbocycles. The molecule has 0 atom stereocenters. The Balaban J connectivity index is 2.10. The van der Waals surface area contributed by atoms with Crippen LogP contribution in [0.25, 0.3) is 0 Å². The average molecular weight is 246 g/mol. The molecule has 1 aliphatic heterocycles. The van der Waals surface area contributed by atoms with Gasteiger partial charge in [-0.25, -0.2) is 0 Å². The third-order valence-corrected chi connectivity index (χ3v) is 3.25. The van der Waals surface area contributed by atoms with E-state index in [1.54, 1.807) is 25.3 Å². The summed E-state index contributed by atoms with van der Waals surface area (Å²) in [4.78, 5) is 2.29. The Kier molecular flexibility index (Phi) is 4.06. The Labute approximate surface area is 108 Å². The monoisotopic (exact) mass is 246 g/mol. The summed E-state index contributed by atoms with van der Waals surface area (Å²) in [5.74, 6) is 1.36. The number of methoxy groups -OCH3 is 1. The van der Waals surface area contributed by atoms with Gasteiger partial charge < -0.3 is 14.4 Å². The Morgan fingerprint density at radius 2 is 2.00 bits per heavy atom. The second-order valence-corrected chi connectivity index (χ2v) is 4.60. The number of likely N-dealkylation sites (tertiary alicyclic amines) is 1. The third-order valence-electron chi connectivity index (χ3n) is 3.25. The van der Waals surface area contributed by atoms with Crippen molar-refractivity contribution in [2.75, 3.05) is 27.2 Å². The smallest absolute Gasteiger partial charge is 0.162 e. The summed E-state index contributed by atoms with van der Waals surface area (Å²) in [7, 11) is 3.73. The first kappa shape index (κ1) is 12.7. The molecule has 0 spiro atoms. The van der Waals surface area contributed by atoms with Crippen LogP contribution in [0, 0.1) is 11.3 Å². The van der Waals surface area contributed by atoms with Gasteiger partial charge in [-0.1, -0.05) is 0 Å². The van der Waals surface area contributed by atoms with Gasteiger partial charge in [-0.3, -0.25) is 0 Å². The maximum Gasteiger partial charge on any atom is 0.162 e. The number of hydrogen-bond acceptors (Lipinski definition) is 4. The second kappa shape index (κ2) is 5.74. The van der Waals surface area contributed by atoms with E-state index in [9.17, 15) is 0 Å². The number of ether oxygens (including phenoxy) is 2. The molecular formula is C14H18N2O2. The van der Waals surface area contributed by atoms with Gasteiger partial charge in [0.15, 0.2) is 11.5 Å². The van der Waals surface area contributed by atoms with Crippen LogP contribution in [0.5, 0.6) is 11.5 Å². The van der Waals surface area contributed by atoms with E-state index in [1.165, 1.54) is 0 Å². The van der Waals surface area contributed by atoms with E-state index in [1.807, 2.05) is 0 Å². The topological polar surface area (TPSA) is 45.5 Å². The largest absolute Gasteiger partial charge is 0.493 e. The van der Waals surface area contributed by atoms with E-state index in [0.29, 0.717) is 17.1 Å². The first-order valence-corrected chi connectivity index (χ1v) is 6.16. The van der Waals surface area contributed by atoms with Gasteiger partial charge in [-0.2, -0.15) is 5.26 Å². The number of benzene rings is 1. The molecule has 0 aromatic heterocycles. The highest BCUT2D eigenvalue weighted by Gasteiger charge is 2.19. The second-order valence-electron chi connectivity index (χ2n) is 4.60. The zero-order valence-corrected chi connectivity index (χ0v) is 10.8. The number of nitrogens with zero attached hydrogens (tertiary/aromatic N) is 2. The van der Waals surface area contributed by atoms with Crippen LogP contribution < -0.4 is 9.47 Å². The molecule has 18 heavy (non-hydrogen) atoms. The summed E-state index contributed by atoms with van der Waals surface area (Å²) in [6, 6.07) is 7.38. The van der Waals surface area contributed by atoms with Crippen molar-refractivity contribution in [3.8, 4) is 17.6 Å². The summed E-state index contributed by atoms with van der Waals surface area (Å²) < 4.78 is 11.2. The lowest BCUT2D eigenvalue weighted by molar-refractivity contribution is 0.111. The minimum absolute atomic E-state index is 0.212. The first-order valence-electron chi connectivity index (χ1n) is 6.16. The fourth-order valence-electron chi connectivity index (χ4n) is 2.12. The Morgan fingerprint density at radius 3 is 2.61 bits per heavy atom. The molecule has 1 aliphatic rings. The average Bonchev–Trinajstić information content (AvgIpc) is 2.41. The van der Waals surface area contributed by atoms with Gasteiger partial charge in [0, 0.05) is 19.2 Å². The predicted octanol–water partition coefficient (Wildman–Crippen LogP) is 2.04. The fourth-order valence-corrected chi connectivity index (χ4v) is 2.12. The van der Waals surface area contributed by atoms with Crippen LogP contribution >= 0.6 is 0 Å². The minimum atomic E-state index is 0.212. The van der Waals surface area contributed by atoms with Crippen molar-refractivity contribution >= 4 is 0 Å². The van der Waals surface area contributed by atoms with Crippen molar-refractivity contribution in [3.63, 3.8) is 0 Å². The normalized spacial score (nSPS) is 17.2. The van der Waals surface area contributed by atoms with Gasteiger partial charge in [0.2, 0.25) is 0 Å². The van der Waals surface area contributed by atoms with E-state index in [4.69, 9.17) is 14.7 Å². The van der Waals surface area contributed by atoms with Crippen molar-refractivity contribution in [1.29, 1.82) is 5.26 Å². The molecule has 0 amide bonds. The number of hydrogen-bond donors (Lipinski definition) is 0. The molecule has 1 saturated heterocycles. The molecule has 0 radical (unpaired) electrons. The van der Waals surface area contributed by atoms with Gasteiger partial charge in [0.05, 0.1) is 18.7 Å². The highest BCUT2D eigenvalue weighted by molar-refractivity contribution is 5.46. The molecule has 2 rings (SSSR count). The molecule has 1 aromatic carbocycles. The maximum atomic E-state index is 8.91. The highest BCUT2D eigenvalue weighted by atomic mass is 16.5. The van der Waals surface area contributed by atoms with E-state index in [0.717, 1.165) is 25.9 Å². The standard InChI is InChI=1S/C14H18N2O2/c1-16-7-5-12(6-8-16)18-14-9-11(10-15)3-4-13(14)17-2/h3-4,9,12H,5-8H2,1-2H3. The van der Waals surface area contributed by atoms with Crippen LogP contribution in [0.2, 0.25) is 0 Å². The van der Waals surface area contributed by atoms with Crippen molar-refractivity contribution in [2.45, 2.75) is 18.9 Å². The van der Waals surface area contributed by atoms with Crippen LogP contribution in [-0.4, -0.2) is 38.3 Å². The van der Waals surface area contributed by atoms with Crippen molar-refractivity contribution in [3.05, 3.63) is 23.8 Å². The van der Waals surface area contributed by atoms with Gasteiger partial charge >= 0.3 is 0 Å². The lowest BCUT2D eigenvalue weighted by atomic mass is 10.1. The van der Waals surface area contributed by atoms with E-state index in [-0.39, 0.29) is 6.10 Å². The molecule has 0 bridgehead atoms. The zero-order valence-electron chi connectivity index (χ0n) is 10.8. The molecule has 1 aromatic rings. The molecule has 1 heterocycles. The lowest BCUT2D eigenvalue weighted by Gasteiger charge is -2.29. The lowest BCUT2D eigenvalue weighted by Crippen LogP contribution is -2.35. The molecular weight excluding hydrogens is 228 g/mol. The Hall–Kier alpha value is -1.73. The summed E-state index contributed by atoms with van der Waals surface area (Å²) >= 11 is 0. The Bertz CT molecular complexity index is 446. The van der Waals surface area contributed by atoms with Gasteiger partial charge in [0.1, 0.15) is 6.10 Å². The molecule has 0 aliphatic carbocycles. The van der Waals surface area contributed by atoms with Gasteiger partial charge in [-0.05, 0) is 32.0 Å². The maximum absolute atomic E-state index is 8.91. The van der Waals surface area contributed by atoms with E-state index >= 15 is 0 Å². The molecule has 4 heteroatoms. The minimum Gasteiger partial charge on any atom is -0.493 e. The third kappa shape index (κ3) is 2.93. The Morgan fingerprint density at radius 1 is 1.28 bits per heavy atom. The predicted molar refractivity (Wildman–Crippen MR) is 68.9 cm³/mol. The van der Waals surface area contributed by atoms with E-state index in [2.05, 4.69) is 18.0 Å². The van der Waals surface area contributed by atoms with Crippen molar-refractivity contribution in [2.24, 2.45) is 0 Å². The summed E-state index contributed by atoms with van der Waals surface area (Å²) in [5.41, 5.74) is 0.596. The number of piperidine rings is 1. The summed E-state index contributed by atoms with van der Waals surface area (Å²) in [6.45, 7) is 2.09. The van der Waals surface area contributed by atoms with Crippen LogP contribution in [0.1, 0.15) is 18.4 Å². The molecule has 96 valence electrons. The van der Waals surface area contributed by atoms with Crippen molar-refractivity contribution < 1.29 is 9.47 Å². The zero-order chi connectivity index (χ0) is 13.0. The number of nitriles is 1. The quantitative estimate of drug-likeness (QED) is 0.818. The van der Waals surface area contributed by atoms with Crippen LogP contribution in [-0.2, 0) is 0 Å². The van der Waals surface area contributed by atoms with Gasteiger partial charge in [-0.15, -0.1) is 0 Å². The molecule has 0 unspecified atom stereocenters. The van der Waals surface area contributed by atoms with Crippen LogP contribution in [0.15, 0.2) is 18.2 Å². The molecule has 0 N–H and O–H groups in total.